The number of fused-ring (bicyclic) bond motifs is 2. The van der Waals surface area contributed by atoms with Crippen LogP contribution in [0.4, 0.5) is 5.69 Å². The highest BCUT2D eigenvalue weighted by Gasteiger charge is 2.27. The van der Waals surface area contributed by atoms with Crippen molar-refractivity contribution in [3.05, 3.63) is 57.8 Å². The summed E-state index contributed by atoms with van der Waals surface area (Å²) in [5, 5.41) is 9.85. The van der Waals surface area contributed by atoms with Gasteiger partial charge < -0.3 is 23.4 Å². The Labute approximate surface area is 214 Å². The summed E-state index contributed by atoms with van der Waals surface area (Å²) >= 11 is 0. The van der Waals surface area contributed by atoms with E-state index in [-0.39, 0.29) is 23.3 Å². The predicted octanol–water partition coefficient (Wildman–Crippen LogP) is 4.20. The molecule has 0 aliphatic carbocycles. The minimum atomic E-state index is -0.123. The molecular formula is C28H29N5O4. The zero-order valence-electron chi connectivity index (χ0n) is 21.1. The van der Waals surface area contributed by atoms with Crippen LogP contribution in [-0.4, -0.2) is 46.9 Å². The highest BCUT2D eigenvalue weighted by Crippen LogP contribution is 2.35. The van der Waals surface area contributed by atoms with Gasteiger partial charge in [0.15, 0.2) is 22.9 Å². The van der Waals surface area contributed by atoms with Crippen LogP contribution in [0.3, 0.4) is 0 Å². The first-order valence-electron chi connectivity index (χ1n) is 12.8. The number of hydrogen-bond acceptors (Lipinski definition) is 8. The molecule has 1 aromatic carbocycles. The van der Waals surface area contributed by atoms with E-state index in [0.29, 0.717) is 30.0 Å². The van der Waals surface area contributed by atoms with Crippen molar-refractivity contribution >= 4 is 27.8 Å². The van der Waals surface area contributed by atoms with E-state index in [4.69, 9.17) is 23.9 Å². The molecule has 0 N–H and O–H groups in total. The molecule has 37 heavy (non-hydrogen) atoms. The van der Waals surface area contributed by atoms with Gasteiger partial charge in [0, 0.05) is 51.0 Å². The van der Waals surface area contributed by atoms with E-state index in [1.165, 1.54) is 0 Å². The Hall–Kier alpha value is -3.90. The molecule has 2 aliphatic rings. The fourth-order valence-corrected chi connectivity index (χ4v) is 5.31. The Morgan fingerprint density at radius 1 is 1.08 bits per heavy atom. The molecule has 9 heteroatoms. The minimum absolute atomic E-state index is 0.0323. The fourth-order valence-electron chi connectivity index (χ4n) is 5.31. The summed E-state index contributed by atoms with van der Waals surface area (Å²) in [7, 11) is 1.72. The first-order chi connectivity index (χ1) is 18.0. The predicted molar refractivity (Wildman–Crippen MR) is 139 cm³/mol. The number of pyridine rings is 2. The fraction of sp³-hybridized carbons (Fsp3) is 0.429. The van der Waals surface area contributed by atoms with Crippen molar-refractivity contribution in [1.82, 2.24) is 14.5 Å². The summed E-state index contributed by atoms with van der Waals surface area (Å²) in [5.41, 5.74) is 5.01. The molecule has 5 heterocycles. The molecule has 190 valence electrons. The topological polar surface area (TPSA) is 106 Å². The number of aromatic nitrogens is 3. The van der Waals surface area contributed by atoms with Crippen LogP contribution in [0.15, 0.2) is 39.5 Å². The third-order valence-electron chi connectivity index (χ3n) is 7.47. The molecule has 9 nitrogen and oxygen atoms in total. The molecule has 0 spiro atoms. The van der Waals surface area contributed by atoms with Crippen LogP contribution >= 0.6 is 0 Å². The van der Waals surface area contributed by atoms with Gasteiger partial charge in [-0.05, 0) is 37.5 Å². The van der Waals surface area contributed by atoms with Gasteiger partial charge in [-0.3, -0.25) is 4.79 Å². The van der Waals surface area contributed by atoms with Gasteiger partial charge in [-0.2, -0.15) is 5.26 Å². The van der Waals surface area contributed by atoms with E-state index in [1.807, 2.05) is 25.1 Å². The van der Waals surface area contributed by atoms with E-state index in [1.54, 1.807) is 23.7 Å². The van der Waals surface area contributed by atoms with Gasteiger partial charge in [0.1, 0.15) is 23.2 Å². The lowest BCUT2D eigenvalue weighted by Crippen LogP contribution is -2.34. The average molecular weight is 500 g/mol. The molecule has 0 saturated carbocycles. The number of piperidine rings is 1. The summed E-state index contributed by atoms with van der Waals surface area (Å²) in [6.07, 6.45) is 3.18. The Kier molecular flexibility index (Phi) is 6.05. The number of oxazole rings is 1. The third kappa shape index (κ3) is 4.42. The van der Waals surface area contributed by atoms with Gasteiger partial charge in [-0.15, -0.1) is 0 Å². The second-order valence-electron chi connectivity index (χ2n) is 9.96. The summed E-state index contributed by atoms with van der Waals surface area (Å²) in [6, 6.07) is 11.6. The van der Waals surface area contributed by atoms with Gasteiger partial charge in [0.05, 0.1) is 24.4 Å². The van der Waals surface area contributed by atoms with Gasteiger partial charge >= 0.3 is 0 Å². The monoisotopic (exact) mass is 499 g/mol. The molecule has 0 bridgehead atoms. The number of aryl methyl sites for hydroxylation is 2. The van der Waals surface area contributed by atoms with E-state index in [9.17, 15) is 10.1 Å². The van der Waals surface area contributed by atoms with Crippen molar-refractivity contribution < 1.29 is 13.9 Å². The van der Waals surface area contributed by atoms with Crippen molar-refractivity contribution in [3.63, 3.8) is 0 Å². The molecule has 0 radical (unpaired) electrons. The van der Waals surface area contributed by atoms with Gasteiger partial charge in [-0.1, -0.05) is 6.07 Å². The molecular weight excluding hydrogens is 470 g/mol. The van der Waals surface area contributed by atoms with Crippen LogP contribution < -0.4 is 15.2 Å². The first-order valence-corrected chi connectivity index (χ1v) is 12.8. The molecule has 0 amide bonds. The average Bonchev–Trinajstić information content (AvgIpc) is 3.34. The summed E-state index contributed by atoms with van der Waals surface area (Å²) in [5.74, 6) is 1.40. The molecule has 3 aromatic heterocycles. The number of benzene rings is 1. The van der Waals surface area contributed by atoms with Crippen molar-refractivity contribution in [2.45, 2.75) is 44.6 Å². The largest absolute Gasteiger partial charge is 0.487 e. The second kappa shape index (κ2) is 9.52. The molecule has 0 unspecified atom stereocenters. The Morgan fingerprint density at radius 3 is 2.62 bits per heavy atom. The maximum Gasteiger partial charge on any atom is 0.252 e. The maximum atomic E-state index is 12.9. The van der Waals surface area contributed by atoms with Crippen LogP contribution in [0.5, 0.6) is 5.75 Å². The van der Waals surface area contributed by atoms with Crippen molar-refractivity contribution in [3.8, 4) is 11.8 Å². The third-order valence-corrected chi connectivity index (χ3v) is 7.47. The Morgan fingerprint density at radius 2 is 1.86 bits per heavy atom. The van der Waals surface area contributed by atoms with Crippen LogP contribution in [-0.2, 0) is 11.8 Å². The Bertz CT molecular complexity index is 1570. The minimum Gasteiger partial charge on any atom is -0.487 e. The smallest absolute Gasteiger partial charge is 0.252 e. The van der Waals surface area contributed by atoms with Crippen molar-refractivity contribution in [2.75, 3.05) is 31.2 Å². The van der Waals surface area contributed by atoms with E-state index in [2.05, 4.69) is 11.0 Å². The molecule has 0 atom stereocenters. The SMILES string of the molecule is Cc1ccc2oc(C3CCN(c4cc(=O)n(C)c5cc(OC6CCOCC6)c(C#N)nc45)CC3)nc2c1. The lowest BCUT2D eigenvalue weighted by molar-refractivity contribution is 0.0253. The lowest BCUT2D eigenvalue weighted by atomic mass is 9.96. The van der Waals surface area contributed by atoms with Gasteiger partial charge in [0.2, 0.25) is 0 Å². The number of ether oxygens (including phenoxy) is 2. The quantitative estimate of drug-likeness (QED) is 0.411. The standard InChI is InChI=1S/C28H29N5O4/c1-17-3-4-24-20(13-17)31-28(37-24)18-5-9-33(10-6-18)23-15-26(34)32(2)22-14-25(21(16-29)30-27(22)23)36-19-7-11-35-12-8-19/h3-4,13-15,18-19H,5-12H2,1-2H3. The van der Waals surface area contributed by atoms with E-state index >= 15 is 0 Å². The highest BCUT2D eigenvalue weighted by molar-refractivity contribution is 5.90. The van der Waals surface area contributed by atoms with Crippen molar-refractivity contribution in [2.24, 2.45) is 7.05 Å². The number of nitrogens with zero attached hydrogens (tertiary/aromatic N) is 5. The second-order valence-corrected chi connectivity index (χ2v) is 9.96. The molecule has 2 fully saturated rings. The lowest BCUT2D eigenvalue weighted by Gasteiger charge is -2.33. The molecule has 6 rings (SSSR count). The van der Waals surface area contributed by atoms with Crippen LogP contribution in [0.2, 0.25) is 0 Å². The van der Waals surface area contributed by atoms with Gasteiger partial charge in [0.25, 0.3) is 5.56 Å². The number of hydrogen-bond donors (Lipinski definition) is 0. The number of nitriles is 1. The van der Waals surface area contributed by atoms with E-state index < -0.39 is 0 Å². The highest BCUT2D eigenvalue weighted by atomic mass is 16.5. The van der Waals surface area contributed by atoms with Crippen LogP contribution in [0.1, 0.15) is 48.7 Å². The normalized spacial score (nSPS) is 17.4. The zero-order chi connectivity index (χ0) is 25.5. The molecule has 2 aliphatic heterocycles. The zero-order valence-corrected chi connectivity index (χ0v) is 21.1. The summed E-state index contributed by atoms with van der Waals surface area (Å²) < 4.78 is 19.2. The number of anilines is 1. The molecule has 4 aromatic rings. The maximum absolute atomic E-state index is 12.9. The summed E-state index contributed by atoms with van der Waals surface area (Å²) in [6.45, 7) is 4.78. The van der Waals surface area contributed by atoms with E-state index in [0.717, 1.165) is 67.0 Å². The van der Waals surface area contributed by atoms with Crippen molar-refractivity contribution in [1.29, 1.82) is 5.26 Å². The molecule has 2 saturated heterocycles. The van der Waals surface area contributed by atoms with Gasteiger partial charge in [-0.25, -0.2) is 9.97 Å². The number of rotatable bonds is 4. The first kappa shape index (κ1) is 23.5. The van der Waals surface area contributed by atoms with Crippen LogP contribution in [0.25, 0.3) is 22.1 Å². The van der Waals surface area contributed by atoms with Crippen LogP contribution in [0, 0.1) is 18.3 Å². The Balaban J connectivity index is 1.29. The summed E-state index contributed by atoms with van der Waals surface area (Å²) in [4.78, 5) is 24.5.